The van der Waals surface area contributed by atoms with Crippen LogP contribution in [0.2, 0.25) is 0 Å². The van der Waals surface area contributed by atoms with Crippen LogP contribution in [-0.4, -0.2) is 60.2 Å². The second-order valence-corrected chi connectivity index (χ2v) is 10.4. The van der Waals surface area contributed by atoms with Crippen molar-refractivity contribution in [3.63, 3.8) is 0 Å². The standard InChI is InChI=1S/C25H33N3O3/c1-17-2-4-21(5-3-17)23(30)28-8-6-27(7-9-28)22(29)16-26-24(31)25-13-18-10-19(14-25)12-20(11-18)15-25/h2-5,18-20H,6-16H2,1H3,(H,26,31). The van der Waals surface area contributed by atoms with E-state index in [1.807, 2.05) is 36.1 Å². The van der Waals surface area contributed by atoms with Crippen LogP contribution < -0.4 is 5.32 Å². The first-order valence-electron chi connectivity index (χ1n) is 11.8. The van der Waals surface area contributed by atoms with Gasteiger partial charge in [0.1, 0.15) is 0 Å². The molecule has 6 heteroatoms. The predicted molar refractivity (Wildman–Crippen MR) is 117 cm³/mol. The van der Waals surface area contributed by atoms with Crippen LogP contribution in [0.1, 0.15) is 54.4 Å². The number of amides is 3. The van der Waals surface area contributed by atoms with E-state index in [2.05, 4.69) is 5.32 Å². The van der Waals surface area contributed by atoms with Crippen LogP contribution >= 0.6 is 0 Å². The Morgan fingerprint density at radius 2 is 1.39 bits per heavy atom. The van der Waals surface area contributed by atoms with Gasteiger partial charge in [0.05, 0.1) is 6.54 Å². The Kier molecular flexibility index (Phi) is 5.27. The number of piperazine rings is 1. The van der Waals surface area contributed by atoms with Crippen LogP contribution in [0.3, 0.4) is 0 Å². The van der Waals surface area contributed by atoms with Gasteiger partial charge in [0.2, 0.25) is 11.8 Å². The molecule has 166 valence electrons. The van der Waals surface area contributed by atoms with E-state index >= 15 is 0 Å². The predicted octanol–water partition coefficient (Wildman–Crippen LogP) is 2.61. The van der Waals surface area contributed by atoms with Gasteiger partial charge in [0, 0.05) is 37.2 Å². The fraction of sp³-hybridized carbons (Fsp3) is 0.640. The average Bonchev–Trinajstić information content (AvgIpc) is 2.76. The Morgan fingerprint density at radius 3 is 1.94 bits per heavy atom. The smallest absolute Gasteiger partial charge is 0.253 e. The highest BCUT2D eigenvalue weighted by atomic mass is 16.2. The molecule has 6 nitrogen and oxygen atoms in total. The van der Waals surface area contributed by atoms with Crippen LogP contribution in [0, 0.1) is 30.1 Å². The molecule has 1 N–H and O–H groups in total. The lowest BCUT2D eigenvalue weighted by atomic mass is 9.49. The maximum atomic E-state index is 13.1. The molecular formula is C25H33N3O3. The number of rotatable bonds is 4. The lowest BCUT2D eigenvalue weighted by Gasteiger charge is -2.55. The van der Waals surface area contributed by atoms with Gasteiger partial charge in [0.15, 0.2) is 0 Å². The Labute approximate surface area is 184 Å². The maximum absolute atomic E-state index is 13.1. The van der Waals surface area contributed by atoms with Crippen LogP contribution in [0.4, 0.5) is 0 Å². The van der Waals surface area contributed by atoms with E-state index in [1.54, 1.807) is 4.90 Å². The summed E-state index contributed by atoms with van der Waals surface area (Å²) in [5, 5.41) is 2.99. The lowest BCUT2D eigenvalue weighted by Crippen LogP contribution is -2.56. The van der Waals surface area contributed by atoms with E-state index in [9.17, 15) is 14.4 Å². The number of carbonyl (C=O) groups is 3. The molecule has 0 aromatic heterocycles. The minimum atomic E-state index is -0.214. The number of carbonyl (C=O) groups excluding carboxylic acids is 3. The van der Waals surface area contributed by atoms with Crippen molar-refractivity contribution in [2.75, 3.05) is 32.7 Å². The molecule has 5 aliphatic rings. The van der Waals surface area contributed by atoms with Crippen molar-refractivity contribution in [2.45, 2.75) is 45.4 Å². The zero-order valence-corrected chi connectivity index (χ0v) is 18.4. The summed E-state index contributed by atoms with van der Waals surface area (Å²) < 4.78 is 0. The lowest BCUT2D eigenvalue weighted by molar-refractivity contribution is -0.148. The molecule has 4 bridgehead atoms. The molecule has 4 aliphatic carbocycles. The second kappa shape index (κ2) is 7.95. The Bertz CT molecular complexity index is 835. The molecule has 1 aromatic rings. The van der Waals surface area contributed by atoms with Gasteiger partial charge in [0.25, 0.3) is 5.91 Å². The second-order valence-electron chi connectivity index (χ2n) is 10.4. The van der Waals surface area contributed by atoms with Gasteiger partial charge in [-0.1, -0.05) is 17.7 Å². The molecule has 1 saturated heterocycles. The van der Waals surface area contributed by atoms with E-state index in [0.717, 1.165) is 24.8 Å². The van der Waals surface area contributed by atoms with Crippen LogP contribution in [0.15, 0.2) is 24.3 Å². The van der Waals surface area contributed by atoms with E-state index in [-0.39, 0.29) is 29.7 Å². The highest BCUT2D eigenvalue weighted by Crippen LogP contribution is 2.60. The van der Waals surface area contributed by atoms with Crippen molar-refractivity contribution < 1.29 is 14.4 Å². The van der Waals surface area contributed by atoms with Crippen molar-refractivity contribution in [2.24, 2.45) is 23.2 Å². The van der Waals surface area contributed by atoms with E-state index < -0.39 is 0 Å². The van der Waals surface area contributed by atoms with Gasteiger partial charge >= 0.3 is 0 Å². The number of nitrogens with one attached hydrogen (secondary N) is 1. The van der Waals surface area contributed by atoms with Gasteiger partial charge in [-0.2, -0.15) is 0 Å². The van der Waals surface area contributed by atoms with Crippen LogP contribution in [0.5, 0.6) is 0 Å². The molecule has 31 heavy (non-hydrogen) atoms. The minimum Gasteiger partial charge on any atom is -0.347 e. The number of hydrogen-bond donors (Lipinski definition) is 1. The first-order chi connectivity index (χ1) is 14.9. The molecule has 6 rings (SSSR count). The molecule has 0 atom stereocenters. The van der Waals surface area contributed by atoms with Crippen molar-refractivity contribution >= 4 is 17.7 Å². The average molecular weight is 424 g/mol. The highest BCUT2D eigenvalue weighted by molar-refractivity contribution is 5.94. The number of benzene rings is 1. The van der Waals surface area contributed by atoms with Crippen molar-refractivity contribution in [1.29, 1.82) is 0 Å². The molecule has 3 amide bonds. The molecular weight excluding hydrogens is 390 g/mol. The molecule has 1 aromatic carbocycles. The minimum absolute atomic E-state index is 0.0159. The third kappa shape index (κ3) is 3.97. The van der Waals surface area contributed by atoms with E-state index in [0.29, 0.717) is 49.5 Å². The number of hydrogen-bond acceptors (Lipinski definition) is 3. The molecule has 0 unspecified atom stereocenters. The van der Waals surface area contributed by atoms with Crippen LogP contribution in [0.25, 0.3) is 0 Å². The Hall–Kier alpha value is -2.37. The summed E-state index contributed by atoms with van der Waals surface area (Å²) in [6, 6.07) is 7.60. The number of aryl methyl sites for hydroxylation is 1. The van der Waals surface area contributed by atoms with E-state index in [1.165, 1.54) is 19.3 Å². The molecule has 0 spiro atoms. The first-order valence-corrected chi connectivity index (χ1v) is 11.8. The summed E-state index contributed by atoms with van der Waals surface area (Å²) in [7, 11) is 0. The molecule has 0 radical (unpaired) electrons. The van der Waals surface area contributed by atoms with Crippen molar-refractivity contribution in [1.82, 2.24) is 15.1 Å². The van der Waals surface area contributed by atoms with Gasteiger partial charge < -0.3 is 15.1 Å². The monoisotopic (exact) mass is 423 g/mol. The molecule has 5 fully saturated rings. The zero-order valence-electron chi connectivity index (χ0n) is 18.4. The molecule has 1 heterocycles. The summed E-state index contributed by atoms with van der Waals surface area (Å²) in [6.45, 7) is 4.17. The summed E-state index contributed by atoms with van der Waals surface area (Å²) in [6.07, 6.45) is 6.95. The van der Waals surface area contributed by atoms with Gasteiger partial charge in [-0.15, -0.1) is 0 Å². The Balaban J connectivity index is 1.11. The SMILES string of the molecule is Cc1ccc(C(=O)N2CCN(C(=O)CNC(=O)C34CC5CC(CC(C5)C3)C4)CC2)cc1. The molecule has 1 aliphatic heterocycles. The fourth-order valence-electron chi connectivity index (χ4n) is 6.88. The maximum Gasteiger partial charge on any atom is 0.253 e. The fourth-order valence-corrected chi connectivity index (χ4v) is 6.88. The summed E-state index contributed by atoms with van der Waals surface area (Å²) in [5.41, 5.74) is 1.60. The third-order valence-electron chi connectivity index (χ3n) is 8.14. The quantitative estimate of drug-likeness (QED) is 0.809. The van der Waals surface area contributed by atoms with Gasteiger partial charge in [-0.05, 0) is 75.3 Å². The van der Waals surface area contributed by atoms with Crippen molar-refractivity contribution in [3.8, 4) is 0 Å². The normalized spacial score (nSPS) is 31.6. The topological polar surface area (TPSA) is 69.7 Å². The summed E-state index contributed by atoms with van der Waals surface area (Å²) in [5.74, 6) is 2.22. The Morgan fingerprint density at radius 1 is 0.871 bits per heavy atom. The summed E-state index contributed by atoms with van der Waals surface area (Å²) in [4.78, 5) is 42.1. The third-order valence-corrected chi connectivity index (χ3v) is 8.14. The first kappa shape index (κ1) is 20.5. The largest absolute Gasteiger partial charge is 0.347 e. The zero-order chi connectivity index (χ0) is 21.6. The summed E-state index contributed by atoms with van der Waals surface area (Å²) >= 11 is 0. The highest BCUT2D eigenvalue weighted by Gasteiger charge is 2.54. The van der Waals surface area contributed by atoms with Crippen molar-refractivity contribution in [3.05, 3.63) is 35.4 Å². The van der Waals surface area contributed by atoms with Gasteiger partial charge in [-0.25, -0.2) is 0 Å². The van der Waals surface area contributed by atoms with Crippen LogP contribution in [-0.2, 0) is 9.59 Å². The molecule has 4 saturated carbocycles. The number of nitrogens with zero attached hydrogens (tertiary/aromatic N) is 2. The van der Waals surface area contributed by atoms with Gasteiger partial charge in [-0.3, -0.25) is 14.4 Å². The van der Waals surface area contributed by atoms with E-state index in [4.69, 9.17) is 0 Å².